The molecule has 0 bridgehead atoms. The number of thioether (sulfide) groups is 1. The summed E-state index contributed by atoms with van der Waals surface area (Å²) >= 11 is 3.28. The Kier molecular flexibility index (Phi) is 5.29. The van der Waals surface area contributed by atoms with E-state index in [1.165, 1.54) is 0 Å². The van der Waals surface area contributed by atoms with Gasteiger partial charge in [0.2, 0.25) is 0 Å². The van der Waals surface area contributed by atoms with Crippen molar-refractivity contribution < 1.29 is 4.79 Å². The van der Waals surface area contributed by atoms with Gasteiger partial charge in [0, 0.05) is 25.4 Å². The number of nitrogens with zero attached hydrogens (tertiary/aromatic N) is 5. The zero-order valence-corrected chi connectivity index (χ0v) is 14.9. The van der Waals surface area contributed by atoms with E-state index in [9.17, 15) is 4.79 Å². The summed E-state index contributed by atoms with van der Waals surface area (Å²) in [6, 6.07) is 1.89. The van der Waals surface area contributed by atoms with Crippen LogP contribution < -0.4 is 5.32 Å². The van der Waals surface area contributed by atoms with Crippen molar-refractivity contribution >= 4 is 29.0 Å². The number of amides is 1. The van der Waals surface area contributed by atoms with Crippen LogP contribution in [0.4, 0.5) is 0 Å². The number of aryl methyl sites for hydroxylation is 1. The highest BCUT2D eigenvalue weighted by atomic mass is 32.2. The number of aromatic nitrogens is 4. The topological polar surface area (TPSA) is 75.9 Å². The predicted molar refractivity (Wildman–Crippen MR) is 90.9 cm³/mol. The molecule has 2 aromatic heterocycles. The van der Waals surface area contributed by atoms with Crippen LogP contribution in [0.15, 0.2) is 10.4 Å². The Bertz CT molecular complexity index is 683. The van der Waals surface area contributed by atoms with Gasteiger partial charge in [0.1, 0.15) is 10.7 Å². The average molecular weight is 352 g/mol. The van der Waals surface area contributed by atoms with Crippen LogP contribution in [-0.4, -0.2) is 56.7 Å². The third kappa shape index (κ3) is 4.30. The first-order valence-corrected chi connectivity index (χ1v) is 9.38. The molecule has 0 fully saturated rings. The van der Waals surface area contributed by atoms with Gasteiger partial charge >= 0.3 is 0 Å². The van der Waals surface area contributed by atoms with Crippen molar-refractivity contribution in [3.8, 4) is 0 Å². The van der Waals surface area contributed by atoms with Crippen molar-refractivity contribution in [2.75, 3.05) is 25.9 Å². The minimum absolute atomic E-state index is 0.0914. The molecule has 0 saturated heterocycles. The first-order valence-electron chi connectivity index (χ1n) is 7.58. The number of carbonyl (C=O) groups is 1. The quantitative estimate of drug-likeness (QED) is 0.626. The molecule has 2 aromatic rings. The lowest BCUT2D eigenvalue weighted by atomic mass is 10.3. The number of hydrogen-bond donors (Lipinski definition) is 1. The van der Waals surface area contributed by atoms with Gasteiger partial charge in [0.25, 0.3) is 5.91 Å². The van der Waals surface area contributed by atoms with Crippen LogP contribution in [-0.2, 0) is 13.1 Å². The molecular weight excluding hydrogens is 332 g/mol. The number of rotatable bonds is 6. The number of hydrogen-bond acceptors (Lipinski definition) is 7. The summed E-state index contributed by atoms with van der Waals surface area (Å²) in [7, 11) is 2.08. The Morgan fingerprint density at radius 3 is 3.09 bits per heavy atom. The predicted octanol–water partition coefficient (Wildman–Crippen LogP) is 1.40. The lowest BCUT2D eigenvalue weighted by molar-refractivity contribution is 0.0948. The lowest BCUT2D eigenvalue weighted by Gasteiger charge is -2.22. The summed E-state index contributed by atoms with van der Waals surface area (Å²) in [5.74, 6) is 0.825. The molecule has 0 aromatic carbocycles. The van der Waals surface area contributed by atoms with Crippen molar-refractivity contribution in [3.63, 3.8) is 0 Å². The monoisotopic (exact) mass is 352 g/mol. The van der Waals surface area contributed by atoms with Crippen LogP contribution in [0.25, 0.3) is 0 Å². The molecule has 1 N–H and O–H groups in total. The van der Waals surface area contributed by atoms with Crippen LogP contribution in [0.3, 0.4) is 0 Å². The molecule has 0 radical (unpaired) electrons. The van der Waals surface area contributed by atoms with Crippen molar-refractivity contribution in [3.05, 3.63) is 22.5 Å². The van der Waals surface area contributed by atoms with Gasteiger partial charge in [-0.1, -0.05) is 23.1 Å². The molecule has 0 saturated carbocycles. The Balaban J connectivity index is 1.41. The van der Waals surface area contributed by atoms with Crippen molar-refractivity contribution in [2.24, 2.45) is 0 Å². The molecule has 9 heteroatoms. The molecule has 7 nitrogen and oxygen atoms in total. The van der Waals surface area contributed by atoms with Gasteiger partial charge in [-0.3, -0.25) is 14.4 Å². The van der Waals surface area contributed by atoms with Crippen molar-refractivity contribution in [1.29, 1.82) is 0 Å². The summed E-state index contributed by atoms with van der Waals surface area (Å²) in [6.07, 6.45) is 0.894. The van der Waals surface area contributed by atoms with E-state index >= 15 is 0 Å². The minimum atomic E-state index is -0.0914. The molecule has 1 aliphatic rings. The van der Waals surface area contributed by atoms with Crippen LogP contribution >= 0.6 is 23.1 Å². The third-order valence-electron chi connectivity index (χ3n) is 3.56. The Morgan fingerprint density at radius 2 is 2.30 bits per heavy atom. The fourth-order valence-corrected chi connectivity index (χ4v) is 4.19. The van der Waals surface area contributed by atoms with Gasteiger partial charge in [-0.15, -0.1) is 10.2 Å². The van der Waals surface area contributed by atoms with Gasteiger partial charge in [0.05, 0.1) is 12.2 Å². The molecule has 0 atom stereocenters. The minimum Gasteiger partial charge on any atom is -0.351 e. The summed E-state index contributed by atoms with van der Waals surface area (Å²) < 4.78 is 2.92. The lowest BCUT2D eigenvalue weighted by Crippen LogP contribution is -2.30. The summed E-state index contributed by atoms with van der Waals surface area (Å²) in [5.41, 5.74) is 1.62. The largest absolute Gasteiger partial charge is 0.351 e. The van der Waals surface area contributed by atoms with E-state index in [2.05, 4.69) is 32.6 Å². The van der Waals surface area contributed by atoms with E-state index < -0.39 is 0 Å². The molecule has 23 heavy (non-hydrogen) atoms. The molecule has 124 valence electrons. The highest BCUT2D eigenvalue weighted by molar-refractivity contribution is 8.01. The summed E-state index contributed by atoms with van der Waals surface area (Å²) in [4.78, 5) is 14.4. The zero-order valence-electron chi connectivity index (χ0n) is 13.3. The second-order valence-corrected chi connectivity index (χ2v) is 8.05. The first-order chi connectivity index (χ1) is 11.1. The molecule has 3 heterocycles. The zero-order chi connectivity index (χ0) is 16.2. The number of fused-ring (bicyclic) bond motifs is 1. The fourth-order valence-electron chi connectivity index (χ4n) is 2.37. The molecule has 3 rings (SSSR count). The Hall–Kier alpha value is -1.45. The number of likely N-dealkylation sites (N-methyl/N-ethyl adjacent to an activating group) is 1. The molecule has 0 unspecified atom stereocenters. The number of carbonyl (C=O) groups excluding carboxylic acids is 1. The smallest absolute Gasteiger partial charge is 0.271 e. The highest BCUT2D eigenvalue weighted by Crippen LogP contribution is 2.22. The van der Waals surface area contributed by atoms with Gasteiger partial charge in [0.15, 0.2) is 4.34 Å². The maximum absolute atomic E-state index is 12.2. The van der Waals surface area contributed by atoms with Crippen LogP contribution in [0, 0.1) is 6.92 Å². The number of nitrogens with one attached hydrogen (secondary N) is 1. The first kappa shape index (κ1) is 16.4. The van der Waals surface area contributed by atoms with E-state index in [0.717, 1.165) is 46.8 Å². The summed E-state index contributed by atoms with van der Waals surface area (Å²) in [6.45, 7) is 5.25. The van der Waals surface area contributed by atoms with E-state index in [4.69, 9.17) is 0 Å². The van der Waals surface area contributed by atoms with E-state index in [1.54, 1.807) is 23.1 Å². The van der Waals surface area contributed by atoms with Crippen LogP contribution in [0.2, 0.25) is 0 Å². The second-order valence-electron chi connectivity index (χ2n) is 5.53. The fraction of sp³-hybridized carbons (Fsp3) is 0.571. The van der Waals surface area contributed by atoms with E-state index in [1.807, 2.05) is 17.7 Å². The standard InChI is InChI=1S/C14H20N6OS2/c1-10-16-17-14(23-10)22-7-3-4-15-13(21)12-8-11-9-19(2)5-6-20(11)18-12/h8H,3-7,9H2,1-2H3,(H,15,21). The SMILES string of the molecule is Cc1nnc(SCCCNC(=O)c2cc3n(n2)CCN(C)C3)s1. The molecule has 1 amide bonds. The Morgan fingerprint density at radius 1 is 1.43 bits per heavy atom. The van der Waals surface area contributed by atoms with Crippen molar-refractivity contribution in [1.82, 2.24) is 30.2 Å². The van der Waals surface area contributed by atoms with Crippen molar-refractivity contribution in [2.45, 2.75) is 30.8 Å². The average Bonchev–Trinajstić information content (AvgIpc) is 3.12. The molecule has 1 aliphatic heterocycles. The van der Waals surface area contributed by atoms with E-state index in [-0.39, 0.29) is 5.91 Å². The van der Waals surface area contributed by atoms with Gasteiger partial charge < -0.3 is 5.32 Å². The maximum Gasteiger partial charge on any atom is 0.271 e. The van der Waals surface area contributed by atoms with Gasteiger partial charge in [-0.25, -0.2) is 0 Å². The highest BCUT2D eigenvalue weighted by Gasteiger charge is 2.18. The second kappa shape index (κ2) is 7.41. The normalized spacial score (nSPS) is 14.7. The maximum atomic E-state index is 12.2. The molecule has 0 aliphatic carbocycles. The van der Waals surface area contributed by atoms with Gasteiger partial charge in [-0.05, 0) is 26.5 Å². The molecular formula is C14H20N6OS2. The van der Waals surface area contributed by atoms with Crippen LogP contribution in [0.5, 0.6) is 0 Å². The van der Waals surface area contributed by atoms with E-state index in [0.29, 0.717) is 12.2 Å². The summed E-state index contributed by atoms with van der Waals surface area (Å²) in [5, 5.41) is 16.4. The molecule has 0 spiro atoms. The third-order valence-corrected chi connectivity index (χ3v) is 5.62. The Labute approximate surface area is 143 Å². The van der Waals surface area contributed by atoms with Gasteiger partial charge in [-0.2, -0.15) is 5.10 Å². The van der Waals surface area contributed by atoms with Crippen LogP contribution in [0.1, 0.15) is 27.6 Å².